The van der Waals surface area contributed by atoms with Crippen LogP contribution in [0.5, 0.6) is 5.75 Å². The molecule has 3 aromatic rings. The molecule has 2 aromatic heterocycles. The average molecular weight is 531 g/mol. The number of fused-ring (bicyclic) bond motifs is 5. The van der Waals surface area contributed by atoms with Crippen molar-refractivity contribution < 1.29 is 19.7 Å². The zero-order valence-electron chi connectivity index (χ0n) is 22.5. The molecule has 2 N–H and O–H groups in total. The van der Waals surface area contributed by atoms with Gasteiger partial charge in [-0.25, -0.2) is 9.78 Å². The van der Waals surface area contributed by atoms with Gasteiger partial charge >= 0.3 is 5.97 Å². The number of pyridine rings is 2. The van der Waals surface area contributed by atoms with Crippen LogP contribution in [0.4, 0.5) is 0 Å². The molecule has 9 heteroatoms. The zero-order valence-corrected chi connectivity index (χ0v) is 22.5. The summed E-state index contributed by atoms with van der Waals surface area (Å²) >= 11 is 0. The molecule has 6 heterocycles. The standard InChI is InChI=1S/C30H34N4O5/c1-3-18-19-15-34-24(12-22-21(28(34)36)16-39-29(37)30(22,38)4-2)26(19)31-23-11-17(13-32-7-5-8-32)27(35)20(25(18)23)14-33-9-6-10-33/h11-12,35,38H,3-10,13-16H2,1-2H3/t30-/m0/s1. The van der Waals surface area contributed by atoms with Gasteiger partial charge in [0.1, 0.15) is 12.4 Å². The second-order valence-corrected chi connectivity index (χ2v) is 11.4. The van der Waals surface area contributed by atoms with E-state index in [1.54, 1.807) is 17.6 Å². The number of aliphatic hydroxyl groups is 1. The molecule has 0 spiro atoms. The predicted octanol–water partition coefficient (Wildman–Crippen LogP) is 2.76. The zero-order chi connectivity index (χ0) is 27.1. The second-order valence-electron chi connectivity index (χ2n) is 11.4. The summed E-state index contributed by atoms with van der Waals surface area (Å²) in [5.41, 5.74) is 4.57. The molecule has 0 unspecified atom stereocenters. The van der Waals surface area contributed by atoms with Crippen LogP contribution in [-0.4, -0.2) is 61.7 Å². The van der Waals surface area contributed by atoms with Crippen molar-refractivity contribution in [1.82, 2.24) is 19.4 Å². The number of esters is 1. The number of hydrogen-bond donors (Lipinski definition) is 2. The highest BCUT2D eigenvalue weighted by atomic mass is 16.6. The Bertz CT molecular complexity index is 1600. The lowest BCUT2D eigenvalue weighted by atomic mass is 9.86. The molecule has 4 aliphatic heterocycles. The van der Waals surface area contributed by atoms with E-state index in [2.05, 4.69) is 16.7 Å². The molecule has 2 saturated heterocycles. The number of aromatic hydroxyl groups is 1. The van der Waals surface area contributed by atoms with Crippen LogP contribution in [0.15, 0.2) is 16.9 Å². The molecule has 9 nitrogen and oxygen atoms in total. The maximum atomic E-state index is 13.7. The van der Waals surface area contributed by atoms with E-state index < -0.39 is 11.6 Å². The molecule has 0 aliphatic carbocycles. The first kappa shape index (κ1) is 24.7. The van der Waals surface area contributed by atoms with Crippen LogP contribution in [0.1, 0.15) is 66.5 Å². The van der Waals surface area contributed by atoms with E-state index in [0.717, 1.165) is 65.8 Å². The van der Waals surface area contributed by atoms with Gasteiger partial charge in [-0.15, -0.1) is 0 Å². The number of carbonyl (C=O) groups excluding carboxylic acids is 1. The van der Waals surface area contributed by atoms with Gasteiger partial charge in [0, 0.05) is 40.7 Å². The van der Waals surface area contributed by atoms with E-state index in [1.807, 2.05) is 6.07 Å². The van der Waals surface area contributed by atoms with Crippen LogP contribution >= 0.6 is 0 Å². The van der Waals surface area contributed by atoms with Crippen molar-refractivity contribution in [3.05, 3.63) is 55.9 Å². The van der Waals surface area contributed by atoms with Crippen LogP contribution < -0.4 is 5.56 Å². The second kappa shape index (κ2) is 8.87. The molecule has 7 rings (SSSR count). The molecule has 2 fully saturated rings. The third-order valence-corrected chi connectivity index (χ3v) is 9.27. The smallest absolute Gasteiger partial charge is 0.343 e. The van der Waals surface area contributed by atoms with Crippen molar-refractivity contribution in [3.63, 3.8) is 0 Å². The summed E-state index contributed by atoms with van der Waals surface area (Å²) in [6.07, 6.45) is 3.18. The summed E-state index contributed by atoms with van der Waals surface area (Å²) in [5.74, 6) is -0.355. The fourth-order valence-corrected chi connectivity index (χ4v) is 6.68. The van der Waals surface area contributed by atoms with E-state index in [4.69, 9.17) is 9.72 Å². The normalized spacial score (nSPS) is 22.2. The lowest BCUT2D eigenvalue weighted by Gasteiger charge is -2.33. The monoisotopic (exact) mass is 530 g/mol. The van der Waals surface area contributed by atoms with Crippen molar-refractivity contribution in [2.75, 3.05) is 26.2 Å². The van der Waals surface area contributed by atoms with Gasteiger partial charge in [0.05, 0.1) is 29.0 Å². The number of phenolic OH excluding ortho intramolecular Hbond substituents is 1. The van der Waals surface area contributed by atoms with Gasteiger partial charge in [-0.05, 0) is 69.6 Å². The largest absolute Gasteiger partial charge is 0.507 e. The molecular weight excluding hydrogens is 496 g/mol. The first-order valence-electron chi connectivity index (χ1n) is 14.1. The maximum absolute atomic E-state index is 13.7. The molecule has 204 valence electrons. The highest BCUT2D eigenvalue weighted by Crippen LogP contribution is 2.43. The summed E-state index contributed by atoms with van der Waals surface area (Å²) in [6, 6.07) is 3.79. The van der Waals surface area contributed by atoms with E-state index in [0.29, 0.717) is 47.9 Å². The Morgan fingerprint density at radius 1 is 1.00 bits per heavy atom. The van der Waals surface area contributed by atoms with E-state index in [-0.39, 0.29) is 18.6 Å². The minimum Gasteiger partial charge on any atom is -0.507 e. The molecule has 1 aromatic carbocycles. The summed E-state index contributed by atoms with van der Waals surface area (Å²) in [4.78, 5) is 36.1. The summed E-state index contributed by atoms with van der Waals surface area (Å²) in [7, 11) is 0. The fraction of sp³-hybridized carbons (Fsp3) is 0.500. The summed E-state index contributed by atoms with van der Waals surface area (Å²) in [5, 5.41) is 23.8. The molecule has 39 heavy (non-hydrogen) atoms. The van der Waals surface area contributed by atoms with Gasteiger partial charge in [-0.1, -0.05) is 13.8 Å². The van der Waals surface area contributed by atoms with Crippen molar-refractivity contribution in [2.24, 2.45) is 0 Å². The van der Waals surface area contributed by atoms with Crippen LogP contribution in [-0.2, 0) is 47.8 Å². The molecule has 4 aliphatic rings. The topological polar surface area (TPSA) is 108 Å². The molecule has 1 atom stereocenters. The maximum Gasteiger partial charge on any atom is 0.343 e. The van der Waals surface area contributed by atoms with Gasteiger partial charge < -0.3 is 19.5 Å². The Balaban J connectivity index is 1.46. The van der Waals surface area contributed by atoms with Gasteiger partial charge in [-0.3, -0.25) is 14.6 Å². The third kappa shape index (κ3) is 3.53. The number of ether oxygens (including phenoxy) is 1. The van der Waals surface area contributed by atoms with Gasteiger partial charge in [-0.2, -0.15) is 0 Å². The Hall–Kier alpha value is -3.27. The Morgan fingerprint density at radius 3 is 2.36 bits per heavy atom. The first-order chi connectivity index (χ1) is 18.8. The average Bonchev–Trinajstić information content (AvgIpc) is 3.24. The third-order valence-electron chi connectivity index (χ3n) is 9.27. The Morgan fingerprint density at radius 2 is 1.72 bits per heavy atom. The number of nitrogens with zero attached hydrogens (tertiary/aromatic N) is 4. The molecule has 0 radical (unpaired) electrons. The molecule has 0 bridgehead atoms. The number of phenols is 1. The van der Waals surface area contributed by atoms with Crippen molar-refractivity contribution in [3.8, 4) is 17.1 Å². The quantitative estimate of drug-likeness (QED) is 0.367. The SMILES string of the molecule is CCc1c2c(nc3cc(CN4CCC4)c(O)c(CN4CCC4)c13)-c1cc3c(c(=O)n1C2)COC(=O)[C@]3(O)CC. The molecule has 0 saturated carbocycles. The summed E-state index contributed by atoms with van der Waals surface area (Å²) < 4.78 is 6.92. The fourth-order valence-electron chi connectivity index (χ4n) is 6.68. The Kier molecular flexibility index (Phi) is 5.63. The minimum atomic E-state index is -1.85. The van der Waals surface area contributed by atoms with E-state index in [1.165, 1.54) is 12.8 Å². The van der Waals surface area contributed by atoms with Crippen LogP contribution in [0.3, 0.4) is 0 Å². The number of benzene rings is 1. The van der Waals surface area contributed by atoms with Crippen LogP contribution in [0, 0.1) is 0 Å². The molecule has 0 amide bonds. The van der Waals surface area contributed by atoms with E-state index >= 15 is 0 Å². The van der Waals surface area contributed by atoms with Gasteiger partial charge in [0.15, 0.2) is 5.60 Å². The first-order valence-corrected chi connectivity index (χ1v) is 14.1. The number of cyclic esters (lactones) is 1. The van der Waals surface area contributed by atoms with E-state index in [9.17, 15) is 19.8 Å². The predicted molar refractivity (Wildman–Crippen MR) is 145 cm³/mol. The number of carbonyl (C=O) groups is 1. The number of aromatic nitrogens is 2. The lowest BCUT2D eigenvalue weighted by molar-refractivity contribution is -0.172. The number of hydrogen-bond acceptors (Lipinski definition) is 8. The highest BCUT2D eigenvalue weighted by Gasteiger charge is 2.45. The van der Waals surface area contributed by atoms with Crippen LogP contribution in [0.2, 0.25) is 0 Å². The number of rotatable bonds is 6. The van der Waals surface area contributed by atoms with Crippen molar-refractivity contribution >= 4 is 16.9 Å². The number of aryl methyl sites for hydroxylation is 1. The van der Waals surface area contributed by atoms with Gasteiger partial charge in [0.2, 0.25) is 0 Å². The van der Waals surface area contributed by atoms with Crippen molar-refractivity contribution in [2.45, 2.75) is 71.4 Å². The van der Waals surface area contributed by atoms with Crippen LogP contribution in [0.25, 0.3) is 22.3 Å². The molecular formula is C30H34N4O5. The van der Waals surface area contributed by atoms with Crippen molar-refractivity contribution in [1.29, 1.82) is 0 Å². The number of likely N-dealkylation sites (tertiary alicyclic amines) is 2. The Labute approximate surface area is 226 Å². The summed E-state index contributed by atoms with van der Waals surface area (Å²) in [6.45, 7) is 9.49. The van der Waals surface area contributed by atoms with Gasteiger partial charge in [0.25, 0.3) is 5.56 Å². The lowest BCUT2D eigenvalue weighted by Crippen LogP contribution is -2.44. The highest BCUT2D eigenvalue weighted by molar-refractivity contribution is 5.93. The minimum absolute atomic E-state index is 0.110.